The van der Waals surface area contributed by atoms with Crippen LogP contribution in [0.25, 0.3) is 16.8 Å². The van der Waals surface area contributed by atoms with E-state index in [-0.39, 0.29) is 17.5 Å². The minimum absolute atomic E-state index is 0.0651. The van der Waals surface area contributed by atoms with Crippen LogP contribution in [0.4, 0.5) is 10.7 Å². The smallest absolute Gasteiger partial charge is 0.414 e. The Hall–Kier alpha value is -3.13. The highest BCUT2D eigenvalue weighted by Crippen LogP contribution is 2.23. The predicted molar refractivity (Wildman–Crippen MR) is 135 cm³/mol. The lowest BCUT2D eigenvalue weighted by molar-refractivity contribution is 0.111. The summed E-state index contributed by atoms with van der Waals surface area (Å²) in [5.41, 5.74) is 1.18. The summed E-state index contributed by atoms with van der Waals surface area (Å²) in [5.74, 6) is 0.112. The number of aromatic nitrogens is 4. The second kappa shape index (κ2) is 10.5. The summed E-state index contributed by atoms with van der Waals surface area (Å²) < 4.78 is 34.8. The van der Waals surface area contributed by atoms with Gasteiger partial charge in [0.2, 0.25) is 10.0 Å². The largest absolute Gasteiger partial charge is 0.448 e. The number of carbonyl (C=O) groups is 1. The summed E-state index contributed by atoms with van der Waals surface area (Å²) in [7, 11) is -1.64. The second-order valence-electron chi connectivity index (χ2n) is 9.83. The van der Waals surface area contributed by atoms with E-state index in [0.29, 0.717) is 23.3 Å². The molecule has 1 saturated heterocycles. The number of carbonyl (C=O) groups excluding carboxylic acids is 1. The zero-order chi connectivity index (χ0) is 25.9. The highest BCUT2D eigenvalue weighted by atomic mass is 32.2. The molecular formula is C23H32N8O4S. The van der Waals surface area contributed by atoms with Crippen LogP contribution >= 0.6 is 0 Å². The lowest BCUT2D eigenvalue weighted by atomic mass is 10.1. The van der Waals surface area contributed by atoms with Crippen LogP contribution in [0.5, 0.6) is 0 Å². The molecule has 0 aromatic carbocycles. The SMILES string of the molecule is CN1CCN(CCOC(=O)Nc2nc3ccc(-c4cncc(S(=O)(=O)NC(C)(C)C)c4)cn3n2)CC1. The van der Waals surface area contributed by atoms with Crippen molar-refractivity contribution in [2.24, 2.45) is 0 Å². The molecule has 0 bridgehead atoms. The van der Waals surface area contributed by atoms with Crippen molar-refractivity contribution >= 4 is 27.7 Å². The second-order valence-corrected chi connectivity index (χ2v) is 11.5. The first-order chi connectivity index (χ1) is 17.0. The number of likely N-dealkylation sites (N-methyl/N-ethyl adjacent to an activating group) is 1. The van der Waals surface area contributed by atoms with Crippen molar-refractivity contribution in [2.75, 3.05) is 51.7 Å². The maximum absolute atomic E-state index is 12.7. The lowest BCUT2D eigenvalue weighted by Crippen LogP contribution is -2.45. The van der Waals surface area contributed by atoms with E-state index in [1.165, 1.54) is 10.7 Å². The molecule has 0 unspecified atom stereocenters. The van der Waals surface area contributed by atoms with Gasteiger partial charge in [0.1, 0.15) is 11.5 Å². The number of rotatable bonds is 7. The van der Waals surface area contributed by atoms with E-state index in [1.807, 2.05) is 0 Å². The van der Waals surface area contributed by atoms with Crippen LogP contribution in [-0.4, -0.2) is 95.8 Å². The fourth-order valence-corrected chi connectivity index (χ4v) is 5.16. The Kier molecular flexibility index (Phi) is 7.54. The zero-order valence-electron chi connectivity index (χ0n) is 20.9. The van der Waals surface area contributed by atoms with Gasteiger partial charge in [0.25, 0.3) is 5.95 Å². The molecule has 4 rings (SSSR count). The van der Waals surface area contributed by atoms with E-state index in [4.69, 9.17) is 4.74 Å². The average Bonchev–Trinajstić information content (AvgIpc) is 3.20. The molecule has 1 aliphatic heterocycles. The standard InChI is InChI=1S/C23H32N8O4S/c1-23(2,3)28-36(33,34)19-13-18(14-24-15-19)17-5-6-20-25-21(27-31(20)16-17)26-22(32)35-12-11-30-9-7-29(4)8-10-30/h5-6,13-16,28H,7-12H2,1-4H3,(H,26,27,32). The molecule has 12 nitrogen and oxygen atoms in total. The van der Waals surface area contributed by atoms with Gasteiger partial charge in [-0.2, -0.15) is 4.98 Å². The van der Waals surface area contributed by atoms with Crippen molar-refractivity contribution in [2.45, 2.75) is 31.2 Å². The van der Waals surface area contributed by atoms with E-state index in [0.717, 1.165) is 26.2 Å². The third-order valence-corrected chi connectivity index (χ3v) is 7.30. The predicted octanol–water partition coefficient (Wildman–Crippen LogP) is 1.66. The van der Waals surface area contributed by atoms with Crippen molar-refractivity contribution in [1.82, 2.24) is 34.1 Å². The number of anilines is 1. The number of hydrogen-bond donors (Lipinski definition) is 2. The van der Waals surface area contributed by atoms with Gasteiger partial charge >= 0.3 is 6.09 Å². The molecule has 4 heterocycles. The van der Waals surface area contributed by atoms with E-state index < -0.39 is 21.7 Å². The highest BCUT2D eigenvalue weighted by molar-refractivity contribution is 7.89. The first-order valence-corrected chi connectivity index (χ1v) is 13.2. The van der Waals surface area contributed by atoms with Crippen molar-refractivity contribution in [3.05, 3.63) is 36.8 Å². The Bertz CT molecular complexity index is 1330. The Labute approximate surface area is 210 Å². The summed E-state index contributed by atoms with van der Waals surface area (Å²) in [6.07, 6.45) is 3.96. The number of nitrogens with one attached hydrogen (secondary N) is 2. The minimum atomic E-state index is -3.73. The van der Waals surface area contributed by atoms with Crippen molar-refractivity contribution in [1.29, 1.82) is 0 Å². The average molecular weight is 517 g/mol. The van der Waals surface area contributed by atoms with Gasteiger partial charge in [-0.3, -0.25) is 15.2 Å². The quantitative estimate of drug-likeness (QED) is 0.481. The van der Waals surface area contributed by atoms with Crippen LogP contribution in [0.1, 0.15) is 20.8 Å². The summed E-state index contributed by atoms with van der Waals surface area (Å²) in [6, 6.07) is 5.06. The maximum Gasteiger partial charge on any atom is 0.414 e. The Balaban J connectivity index is 1.40. The normalized spacial score (nSPS) is 15.8. The van der Waals surface area contributed by atoms with Gasteiger partial charge in [0, 0.05) is 68.0 Å². The number of piperazine rings is 1. The number of hydrogen-bond acceptors (Lipinski definition) is 9. The molecule has 36 heavy (non-hydrogen) atoms. The first-order valence-electron chi connectivity index (χ1n) is 11.7. The van der Waals surface area contributed by atoms with E-state index in [1.54, 1.807) is 51.4 Å². The zero-order valence-corrected chi connectivity index (χ0v) is 21.7. The Morgan fingerprint density at radius 2 is 1.86 bits per heavy atom. The Morgan fingerprint density at radius 1 is 1.11 bits per heavy atom. The van der Waals surface area contributed by atoms with E-state index in [9.17, 15) is 13.2 Å². The molecule has 0 saturated carbocycles. The minimum Gasteiger partial charge on any atom is -0.448 e. The fourth-order valence-electron chi connectivity index (χ4n) is 3.76. The molecule has 194 valence electrons. The molecule has 0 atom stereocenters. The monoisotopic (exact) mass is 516 g/mol. The molecule has 13 heteroatoms. The molecule has 0 spiro atoms. The van der Waals surface area contributed by atoms with Crippen molar-refractivity contribution < 1.29 is 17.9 Å². The maximum atomic E-state index is 12.7. The molecule has 3 aromatic rings. The molecule has 2 N–H and O–H groups in total. The van der Waals surface area contributed by atoms with Crippen LogP contribution in [0.3, 0.4) is 0 Å². The number of fused-ring (bicyclic) bond motifs is 1. The van der Waals surface area contributed by atoms with Crippen molar-refractivity contribution in [3.8, 4) is 11.1 Å². The molecular weight excluding hydrogens is 484 g/mol. The highest BCUT2D eigenvalue weighted by Gasteiger charge is 2.23. The fraction of sp³-hybridized carbons (Fsp3) is 0.478. The van der Waals surface area contributed by atoms with Crippen LogP contribution < -0.4 is 10.0 Å². The number of ether oxygens (including phenoxy) is 1. The number of amides is 1. The van der Waals surface area contributed by atoms with Gasteiger partial charge in [-0.25, -0.2) is 22.4 Å². The van der Waals surface area contributed by atoms with Gasteiger partial charge in [-0.05, 0) is 46.0 Å². The first kappa shape index (κ1) is 25.9. The molecule has 0 radical (unpaired) electrons. The summed E-state index contributed by atoms with van der Waals surface area (Å²) in [4.78, 5) is 25.2. The molecule has 1 fully saturated rings. The van der Waals surface area contributed by atoms with E-state index in [2.05, 4.69) is 42.0 Å². The van der Waals surface area contributed by atoms with Crippen LogP contribution in [0, 0.1) is 0 Å². The Morgan fingerprint density at radius 3 is 2.58 bits per heavy atom. The van der Waals surface area contributed by atoms with E-state index >= 15 is 0 Å². The third-order valence-electron chi connectivity index (χ3n) is 5.58. The molecule has 3 aromatic heterocycles. The number of sulfonamides is 1. The van der Waals surface area contributed by atoms with Crippen LogP contribution in [0.15, 0.2) is 41.7 Å². The molecule has 1 amide bonds. The topological polar surface area (TPSA) is 134 Å². The lowest BCUT2D eigenvalue weighted by Gasteiger charge is -2.31. The van der Waals surface area contributed by atoms with Gasteiger partial charge in [-0.1, -0.05) is 0 Å². The molecule has 1 aliphatic rings. The van der Waals surface area contributed by atoms with Gasteiger partial charge in [-0.15, -0.1) is 5.10 Å². The van der Waals surface area contributed by atoms with Crippen molar-refractivity contribution in [3.63, 3.8) is 0 Å². The van der Waals surface area contributed by atoms with Gasteiger partial charge < -0.3 is 9.64 Å². The summed E-state index contributed by atoms with van der Waals surface area (Å²) in [5, 5.41) is 6.85. The number of nitrogens with zero attached hydrogens (tertiary/aromatic N) is 6. The van der Waals surface area contributed by atoms with Crippen LogP contribution in [-0.2, 0) is 14.8 Å². The summed E-state index contributed by atoms with van der Waals surface area (Å²) >= 11 is 0. The summed E-state index contributed by atoms with van der Waals surface area (Å²) in [6.45, 7) is 10.2. The number of pyridine rings is 2. The third kappa shape index (κ3) is 6.75. The molecule has 0 aliphatic carbocycles. The van der Waals surface area contributed by atoms with Gasteiger partial charge in [0.15, 0.2) is 5.65 Å². The van der Waals surface area contributed by atoms with Gasteiger partial charge in [0.05, 0.1) is 0 Å². The van der Waals surface area contributed by atoms with Crippen LogP contribution in [0.2, 0.25) is 0 Å².